The second-order valence-corrected chi connectivity index (χ2v) is 5.92. The van der Waals surface area contributed by atoms with Crippen molar-refractivity contribution in [3.05, 3.63) is 0 Å². The van der Waals surface area contributed by atoms with Crippen LogP contribution in [0, 0.1) is 0 Å². The number of ether oxygens (including phenoxy) is 2. The zero-order valence-corrected chi connectivity index (χ0v) is 12.0. The van der Waals surface area contributed by atoms with Crippen LogP contribution in [0.5, 0.6) is 0 Å². The Morgan fingerprint density at radius 2 is 1.94 bits per heavy atom. The van der Waals surface area contributed by atoms with E-state index >= 15 is 0 Å². The molecule has 0 spiro atoms. The summed E-state index contributed by atoms with van der Waals surface area (Å²) in [4.78, 5) is 11.4. The second kappa shape index (κ2) is 7.82. The molecule has 0 aromatic rings. The van der Waals surface area contributed by atoms with Crippen LogP contribution in [0.3, 0.4) is 0 Å². The first kappa shape index (κ1) is 16.6. The summed E-state index contributed by atoms with van der Waals surface area (Å²) in [5.74, 6) is -0.462. The highest BCUT2D eigenvalue weighted by molar-refractivity contribution is 7.56. The maximum atomic E-state index is 12.3. The maximum absolute atomic E-state index is 12.3. The lowest BCUT2D eigenvalue weighted by Gasteiger charge is -2.23. The first-order valence-electron chi connectivity index (χ1n) is 5.55. The van der Waals surface area contributed by atoms with Crippen LogP contribution in [0.1, 0.15) is 27.7 Å². The lowest BCUT2D eigenvalue weighted by Crippen LogP contribution is -2.35. The Morgan fingerprint density at radius 1 is 1.35 bits per heavy atom. The van der Waals surface area contributed by atoms with Gasteiger partial charge in [-0.25, -0.2) is 5.09 Å². The van der Waals surface area contributed by atoms with Gasteiger partial charge in [0.2, 0.25) is 0 Å². The zero-order valence-electron chi connectivity index (χ0n) is 11.1. The van der Waals surface area contributed by atoms with Crippen LogP contribution in [0.15, 0.2) is 0 Å². The molecule has 0 bridgehead atoms. The van der Waals surface area contributed by atoms with Crippen LogP contribution < -0.4 is 5.09 Å². The summed E-state index contributed by atoms with van der Waals surface area (Å²) >= 11 is 0. The van der Waals surface area contributed by atoms with Gasteiger partial charge in [-0.05, 0) is 27.7 Å². The number of carbonyl (C=O) groups is 1. The van der Waals surface area contributed by atoms with Gasteiger partial charge in [0, 0.05) is 7.11 Å². The Balaban J connectivity index is 4.53. The summed E-state index contributed by atoms with van der Waals surface area (Å²) in [6.07, 6.45) is -0.313. The van der Waals surface area contributed by atoms with Gasteiger partial charge < -0.3 is 14.0 Å². The van der Waals surface area contributed by atoms with E-state index in [4.69, 9.17) is 14.0 Å². The fourth-order valence-corrected chi connectivity index (χ4v) is 3.14. The summed E-state index contributed by atoms with van der Waals surface area (Å²) < 4.78 is 27.2. The SMILES string of the molecule is CCOC(=O)C(C)NP(=O)(COC)OC(C)C. The highest BCUT2D eigenvalue weighted by Gasteiger charge is 2.29. The molecule has 0 saturated heterocycles. The lowest BCUT2D eigenvalue weighted by molar-refractivity contribution is -0.144. The average molecular weight is 267 g/mol. The van der Waals surface area contributed by atoms with Crippen LogP contribution in [0.2, 0.25) is 0 Å². The average Bonchev–Trinajstić information content (AvgIpc) is 2.16. The first-order chi connectivity index (χ1) is 7.84. The van der Waals surface area contributed by atoms with E-state index in [1.165, 1.54) is 7.11 Å². The molecule has 6 nitrogen and oxygen atoms in total. The van der Waals surface area contributed by atoms with Crippen molar-refractivity contribution >= 4 is 13.5 Å². The standard InChI is InChI=1S/C10H22NO5P/c1-6-15-10(12)9(4)11-17(13,7-14-5)16-8(2)3/h8-9H,6-7H2,1-5H3,(H,11,13). The highest BCUT2D eigenvalue weighted by Crippen LogP contribution is 2.44. The number of carbonyl (C=O) groups excluding carboxylic acids is 1. The second-order valence-electron chi connectivity index (χ2n) is 3.85. The van der Waals surface area contributed by atoms with Crippen LogP contribution in [0.25, 0.3) is 0 Å². The molecule has 102 valence electrons. The van der Waals surface area contributed by atoms with E-state index in [1.54, 1.807) is 27.7 Å². The van der Waals surface area contributed by atoms with Crippen molar-refractivity contribution in [1.82, 2.24) is 5.09 Å². The van der Waals surface area contributed by atoms with Crippen LogP contribution >= 0.6 is 7.52 Å². The summed E-state index contributed by atoms with van der Waals surface area (Å²) in [7, 11) is -1.76. The Hall–Kier alpha value is -0.420. The fourth-order valence-electron chi connectivity index (χ4n) is 1.22. The molecule has 0 aliphatic rings. The molecule has 0 rings (SSSR count). The molecule has 0 radical (unpaired) electrons. The molecule has 0 aliphatic carbocycles. The van der Waals surface area contributed by atoms with Crippen LogP contribution in [-0.2, 0) is 23.4 Å². The molecular formula is C10H22NO5P. The van der Waals surface area contributed by atoms with E-state index in [1.807, 2.05) is 0 Å². The minimum atomic E-state index is -3.18. The van der Waals surface area contributed by atoms with Crippen molar-refractivity contribution in [1.29, 1.82) is 0 Å². The van der Waals surface area contributed by atoms with E-state index in [-0.39, 0.29) is 19.1 Å². The molecule has 0 amide bonds. The van der Waals surface area contributed by atoms with Crippen molar-refractivity contribution in [3.63, 3.8) is 0 Å². The van der Waals surface area contributed by atoms with Gasteiger partial charge in [0.15, 0.2) is 0 Å². The highest BCUT2D eigenvalue weighted by atomic mass is 31.2. The van der Waals surface area contributed by atoms with Gasteiger partial charge >= 0.3 is 5.97 Å². The Kier molecular flexibility index (Phi) is 7.63. The third-order valence-electron chi connectivity index (χ3n) is 1.71. The summed E-state index contributed by atoms with van der Waals surface area (Å²) in [5.41, 5.74) is 0. The minimum Gasteiger partial charge on any atom is -0.465 e. The third-order valence-corrected chi connectivity index (χ3v) is 3.85. The van der Waals surface area contributed by atoms with Gasteiger partial charge in [0.25, 0.3) is 7.52 Å². The molecule has 17 heavy (non-hydrogen) atoms. The topological polar surface area (TPSA) is 73.9 Å². The van der Waals surface area contributed by atoms with Crippen molar-refractivity contribution in [3.8, 4) is 0 Å². The maximum Gasteiger partial charge on any atom is 0.323 e. The van der Waals surface area contributed by atoms with Crippen molar-refractivity contribution in [2.24, 2.45) is 0 Å². The van der Waals surface area contributed by atoms with Gasteiger partial charge in [-0.15, -0.1) is 0 Å². The number of methoxy groups -OCH3 is 1. The minimum absolute atomic E-state index is 0.0884. The number of hydrogen-bond donors (Lipinski definition) is 1. The van der Waals surface area contributed by atoms with Gasteiger partial charge in [-0.3, -0.25) is 9.36 Å². The quantitative estimate of drug-likeness (QED) is 0.533. The molecule has 0 saturated carbocycles. The molecule has 2 unspecified atom stereocenters. The summed E-state index contributed by atoms with van der Waals surface area (Å²) in [5, 5.41) is 2.64. The molecule has 7 heteroatoms. The predicted octanol–water partition coefficient (Wildman–Crippen LogP) is 1.75. The molecule has 0 aliphatic heterocycles. The molecule has 0 fully saturated rings. The molecule has 1 N–H and O–H groups in total. The van der Waals surface area contributed by atoms with Gasteiger partial charge in [-0.1, -0.05) is 0 Å². The molecule has 0 aromatic heterocycles. The first-order valence-corrected chi connectivity index (χ1v) is 7.36. The summed E-state index contributed by atoms with van der Waals surface area (Å²) in [6, 6.07) is -0.699. The monoisotopic (exact) mass is 267 g/mol. The van der Waals surface area contributed by atoms with Gasteiger partial charge in [0.05, 0.1) is 12.7 Å². The van der Waals surface area contributed by atoms with Crippen molar-refractivity contribution in [2.45, 2.75) is 39.8 Å². The number of hydrogen-bond acceptors (Lipinski definition) is 5. The van der Waals surface area contributed by atoms with Crippen molar-refractivity contribution < 1.29 is 23.4 Å². The zero-order chi connectivity index (χ0) is 13.5. The Morgan fingerprint density at radius 3 is 2.35 bits per heavy atom. The fraction of sp³-hybridized carbons (Fsp3) is 0.900. The van der Waals surface area contributed by atoms with Gasteiger partial charge in [-0.2, -0.15) is 0 Å². The van der Waals surface area contributed by atoms with E-state index in [0.29, 0.717) is 0 Å². The predicted molar refractivity (Wildman–Crippen MR) is 64.9 cm³/mol. The van der Waals surface area contributed by atoms with E-state index in [0.717, 1.165) is 0 Å². The smallest absolute Gasteiger partial charge is 0.323 e. The third kappa shape index (κ3) is 6.78. The molecular weight excluding hydrogens is 245 g/mol. The number of nitrogens with one attached hydrogen (secondary N) is 1. The molecule has 0 aromatic carbocycles. The van der Waals surface area contributed by atoms with Crippen LogP contribution in [0.4, 0.5) is 0 Å². The molecule has 2 atom stereocenters. The number of esters is 1. The lowest BCUT2D eigenvalue weighted by atomic mass is 10.4. The van der Waals surface area contributed by atoms with Crippen LogP contribution in [-0.4, -0.2) is 38.2 Å². The van der Waals surface area contributed by atoms with Gasteiger partial charge in [0.1, 0.15) is 12.4 Å². The Labute approximate surface area is 103 Å². The molecule has 0 heterocycles. The number of rotatable bonds is 8. The Bertz CT molecular complexity index is 282. The van der Waals surface area contributed by atoms with E-state index in [9.17, 15) is 9.36 Å². The normalized spacial score (nSPS) is 16.6. The largest absolute Gasteiger partial charge is 0.465 e. The van der Waals surface area contributed by atoms with E-state index < -0.39 is 19.5 Å². The summed E-state index contributed by atoms with van der Waals surface area (Å²) in [6.45, 7) is 7.09. The van der Waals surface area contributed by atoms with E-state index in [2.05, 4.69) is 5.09 Å². The van der Waals surface area contributed by atoms with Crippen molar-refractivity contribution in [2.75, 3.05) is 20.1 Å².